The number of halogens is 4. The lowest BCUT2D eigenvalue weighted by Gasteiger charge is -2.20. The molecule has 0 atom stereocenters. The number of alkyl halides is 3. The molecule has 1 aromatic rings. The van der Waals surface area contributed by atoms with Crippen LogP contribution in [0.15, 0.2) is 12.3 Å². The SMILES string of the molecule is O=C(COC(=O)CC1CCCCC1)Nc1ncc(C(F)(F)F)cc1Cl. The van der Waals surface area contributed by atoms with Crippen LogP contribution in [0, 0.1) is 5.92 Å². The first kappa shape index (κ1) is 19.5. The summed E-state index contributed by atoms with van der Waals surface area (Å²) >= 11 is 5.69. The number of hydrogen-bond acceptors (Lipinski definition) is 4. The summed E-state index contributed by atoms with van der Waals surface area (Å²) in [6.45, 7) is -0.537. The summed E-state index contributed by atoms with van der Waals surface area (Å²) in [6, 6.07) is 0.666. The number of carbonyl (C=O) groups is 2. The number of carbonyl (C=O) groups excluding carboxylic acids is 2. The summed E-state index contributed by atoms with van der Waals surface area (Å²) in [5.74, 6) is -1.11. The Morgan fingerprint density at radius 3 is 2.56 bits per heavy atom. The van der Waals surface area contributed by atoms with Crippen molar-refractivity contribution in [3.63, 3.8) is 0 Å². The largest absolute Gasteiger partial charge is 0.456 e. The highest BCUT2D eigenvalue weighted by atomic mass is 35.5. The van der Waals surface area contributed by atoms with Gasteiger partial charge < -0.3 is 10.1 Å². The molecule has 1 saturated carbocycles. The summed E-state index contributed by atoms with van der Waals surface area (Å²) < 4.78 is 42.5. The minimum atomic E-state index is -4.58. The Labute approximate surface area is 147 Å². The first-order valence-electron chi connectivity index (χ1n) is 7.94. The van der Waals surface area contributed by atoms with E-state index in [0.29, 0.717) is 12.3 Å². The molecule has 1 heterocycles. The zero-order valence-electron chi connectivity index (χ0n) is 13.4. The van der Waals surface area contributed by atoms with Crippen molar-refractivity contribution in [2.75, 3.05) is 11.9 Å². The number of ether oxygens (including phenoxy) is 1. The van der Waals surface area contributed by atoms with Crippen LogP contribution in [0.25, 0.3) is 0 Å². The Hall–Kier alpha value is -1.83. The molecule has 9 heteroatoms. The van der Waals surface area contributed by atoms with Gasteiger partial charge in [0.15, 0.2) is 12.4 Å². The van der Waals surface area contributed by atoms with Gasteiger partial charge in [-0.05, 0) is 24.8 Å². The molecule has 0 aromatic carbocycles. The standard InChI is InChI=1S/C16H18ClF3N2O3/c17-12-7-11(16(18,19)20)8-21-15(12)22-13(23)9-25-14(24)6-10-4-2-1-3-5-10/h7-8,10H,1-6,9H2,(H,21,22,23). The van der Waals surface area contributed by atoms with Gasteiger partial charge in [-0.25, -0.2) is 4.98 Å². The van der Waals surface area contributed by atoms with Gasteiger partial charge in [0.05, 0.1) is 10.6 Å². The summed E-state index contributed by atoms with van der Waals surface area (Å²) in [4.78, 5) is 26.9. The molecule has 0 bridgehead atoms. The Morgan fingerprint density at radius 2 is 1.96 bits per heavy atom. The molecule has 5 nitrogen and oxygen atoms in total. The third-order valence-corrected chi connectivity index (χ3v) is 4.26. The average Bonchev–Trinajstić information content (AvgIpc) is 2.55. The second-order valence-electron chi connectivity index (χ2n) is 5.97. The lowest BCUT2D eigenvalue weighted by molar-refractivity contribution is -0.148. The molecule has 1 aromatic heterocycles. The van der Waals surface area contributed by atoms with E-state index in [4.69, 9.17) is 16.3 Å². The lowest BCUT2D eigenvalue weighted by atomic mass is 9.87. The third-order valence-electron chi connectivity index (χ3n) is 3.97. The summed E-state index contributed by atoms with van der Waals surface area (Å²) in [6.07, 6.45) is 1.58. The van der Waals surface area contributed by atoms with Crippen LogP contribution in [-0.4, -0.2) is 23.5 Å². The highest BCUT2D eigenvalue weighted by molar-refractivity contribution is 6.33. The molecule has 1 aliphatic rings. The van der Waals surface area contributed by atoms with Gasteiger partial charge in [0.2, 0.25) is 0 Å². The molecule has 0 aliphatic heterocycles. The molecule has 1 N–H and O–H groups in total. The van der Waals surface area contributed by atoms with E-state index in [2.05, 4.69) is 10.3 Å². The molecule has 1 fully saturated rings. The van der Waals surface area contributed by atoms with E-state index < -0.39 is 30.2 Å². The van der Waals surface area contributed by atoms with Crippen molar-refractivity contribution in [2.45, 2.75) is 44.7 Å². The smallest absolute Gasteiger partial charge is 0.417 e. The van der Waals surface area contributed by atoms with E-state index in [1.165, 1.54) is 6.42 Å². The zero-order chi connectivity index (χ0) is 18.4. The maximum Gasteiger partial charge on any atom is 0.417 e. The van der Waals surface area contributed by atoms with Crippen molar-refractivity contribution in [3.05, 3.63) is 22.8 Å². The molecule has 0 unspecified atom stereocenters. The Bertz CT molecular complexity index is 632. The third kappa shape index (κ3) is 6.19. The second-order valence-corrected chi connectivity index (χ2v) is 6.38. The fraction of sp³-hybridized carbons (Fsp3) is 0.562. The molecule has 0 radical (unpaired) electrons. The minimum absolute atomic E-state index is 0.219. The van der Waals surface area contributed by atoms with Crippen LogP contribution in [0.4, 0.5) is 19.0 Å². The number of hydrogen-bond donors (Lipinski definition) is 1. The quantitative estimate of drug-likeness (QED) is 0.779. The number of esters is 1. The van der Waals surface area contributed by atoms with Crippen LogP contribution in [0.3, 0.4) is 0 Å². The normalized spacial score (nSPS) is 15.7. The Balaban J connectivity index is 1.80. The number of pyridine rings is 1. The van der Waals surface area contributed by atoms with Gasteiger partial charge in [0.1, 0.15) is 0 Å². The fourth-order valence-electron chi connectivity index (χ4n) is 2.68. The van der Waals surface area contributed by atoms with Crippen LogP contribution in [-0.2, 0) is 20.5 Å². The zero-order valence-corrected chi connectivity index (χ0v) is 14.1. The minimum Gasteiger partial charge on any atom is -0.456 e. The number of aromatic nitrogens is 1. The van der Waals surface area contributed by atoms with Crippen LogP contribution in [0.5, 0.6) is 0 Å². The van der Waals surface area contributed by atoms with Crippen LogP contribution < -0.4 is 5.32 Å². The van der Waals surface area contributed by atoms with Gasteiger partial charge in [-0.1, -0.05) is 30.9 Å². The first-order valence-corrected chi connectivity index (χ1v) is 8.31. The van der Waals surface area contributed by atoms with Gasteiger partial charge in [-0.3, -0.25) is 9.59 Å². The number of nitrogens with zero attached hydrogens (tertiary/aromatic N) is 1. The van der Waals surface area contributed by atoms with Crippen LogP contribution in [0.2, 0.25) is 5.02 Å². The van der Waals surface area contributed by atoms with Crippen molar-refractivity contribution >= 4 is 29.3 Å². The molecule has 2 rings (SSSR count). The van der Waals surface area contributed by atoms with E-state index in [1.807, 2.05) is 0 Å². The molecule has 0 saturated heterocycles. The lowest BCUT2D eigenvalue weighted by Crippen LogP contribution is -2.23. The van der Waals surface area contributed by atoms with Crippen molar-refractivity contribution in [1.29, 1.82) is 0 Å². The van der Waals surface area contributed by atoms with E-state index >= 15 is 0 Å². The summed E-state index contributed by atoms with van der Waals surface area (Å²) in [7, 11) is 0. The highest BCUT2D eigenvalue weighted by Gasteiger charge is 2.31. The average molecular weight is 379 g/mol. The van der Waals surface area contributed by atoms with Gasteiger partial charge >= 0.3 is 12.1 Å². The maximum absolute atomic E-state index is 12.5. The molecular weight excluding hydrogens is 361 g/mol. The predicted molar refractivity (Wildman–Crippen MR) is 85.0 cm³/mol. The Morgan fingerprint density at radius 1 is 1.28 bits per heavy atom. The van der Waals surface area contributed by atoms with Gasteiger partial charge in [0, 0.05) is 12.6 Å². The fourth-order valence-corrected chi connectivity index (χ4v) is 2.90. The van der Waals surface area contributed by atoms with Gasteiger partial charge in [0.25, 0.3) is 5.91 Å². The van der Waals surface area contributed by atoms with E-state index in [-0.39, 0.29) is 23.2 Å². The topological polar surface area (TPSA) is 68.3 Å². The molecule has 1 amide bonds. The van der Waals surface area contributed by atoms with E-state index in [1.54, 1.807) is 0 Å². The molecule has 0 spiro atoms. The molecule has 1 aliphatic carbocycles. The highest BCUT2D eigenvalue weighted by Crippen LogP contribution is 2.32. The number of anilines is 1. The molecular formula is C16H18ClF3N2O3. The number of rotatable bonds is 5. The van der Waals surface area contributed by atoms with Crippen molar-refractivity contribution in [2.24, 2.45) is 5.92 Å². The number of amides is 1. The molecule has 138 valence electrons. The van der Waals surface area contributed by atoms with E-state index in [9.17, 15) is 22.8 Å². The van der Waals surface area contributed by atoms with Gasteiger partial charge in [-0.2, -0.15) is 13.2 Å². The van der Waals surface area contributed by atoms with E-state index in [0.717, 1.165) is 25.7 Å². The number of nitrogens with one attached hydrogen (secondary N) is 1. The molecule has 25 heavy (non-hydrogen) atoms. The van der Waals surface area contributed by atoms with Crippen LogP contribution in [0.1, 0.15) is 44.1 Å². The monoisotopic (exact) mass is 378 g/mol. The maximum atomic E-state index is 12.5. The van der Waals surface area contributed by atoms with Crippen LogP contribution >= 0.6 is 11.6 Å². The first-order chi connectivity index (χ1) is 11.8. The van der Waals surface area contributed by atoms with Crippen molar-refractivity contribution in [1.82, 2.24) is 4.98 Å². The second kappa shape index (κ2) is 8.51. The Kier molecular flexibility index (Phi) is 6.64. The predicted octanol–water partition coefficient (Wildman–Crippen LogP) is 4.21. The summed E-state index contributed by atoms with van der Waals surface area (Å²) in [5, 5.41) is 1.87. The summed E-state index contributed by atoms with van der Waals surface area (Å²) in [5.41, 5.74) is -1.02. The van der Waals surface area contributed by atoms with Crippen molar-refractivity contribution < 1.29 is 27.5 Å². The van der Waals surface area contributed by atoms with Crippen molar-refractivity contribution in [3.8, 4) is 0 Å². The van der Waals surface area contributed by atoms with Gasteiger partial charge in [-0.15, -0.1) is 0 Å².